The molecule has 0 unspecified atom stereocenters. The van der Waals surface area contributed by atoms with E-state index in [1.807, 2.05) is 66.7 Å². The molecular formula is C39H49N5O7. The topological polar surface area (TPSA) is 153 Å². The summed E-state index contributed by atoms with van der Waals surface area (Å²) in [5.41, 5.74) is 5.43. The Morgan fingerprint density at radius 2 is 1.59 bits per heavy atom. The van der Waals surface area contributed by atoms with Crippen molar-refractivity contribution in [3.8, 4) is 0 Å². The van der Waals surface area contributed by atoms with Gasteiger partial charge in [0, 0.05) is 55.8 Å². The van der Waals surface area contributed by atoms with Crippen molar-refractivity contribution >= 4 is 29.1 Å². The van der Waals surface area contributed by atoms with Crippen molar-refractivity contribution in [2.45, 2.75) is 88.4 Å². The first-order valence-electron chi connectivity index (χ1n) is 18.0. The number of nitrogens with one attached hydrogen (secondary N) is 3. The third kappa shape index (κ3) is 9.13. The second-order valence-corrected chi connectivity index (χ2v) is 13.7. The fourth-order valence-electron chi connectivity index (χ4n) is 7.43. The van der Waals surface area contributed by atoms with Crippen LogP contribution in [-0.2, 0) is 30.5 Å². The fraction of sp³-hybridized carbons (Fsp3) is 0.462. The molecule has 3 saturated heterocycles. The molecule has 272 valence electrons. The van der Waals surface area contributed by atoms with Crippen LogP contribution in [0, 0.1) is 0 Å². The normalized spacial score (nSPS) is 21.7. The number of carbonyl (C=O) groups is 3. The van der Waals surface area contributed by atoms with Crippen molar-refractivity contribution in [1.82, 2.24) is 15.7 Å². The van der Waals surface area contributed by atoms with E-state index in [9.17, 15) is 19.5 Å². The third-order valence-corrected chi connectivity index (χ3v) is 10.3. The van der Waals surface area contributed by atoms with Gasteiger partial charge >= 0.3 is 0 Å². The molecule has 12 heteroatoms. The monoisotopic (exact) mass is 699 g/mol. The minimum atomic E-state index is -0.662. The van der Waals surface area contributed by atoms with Crippen molar-refractivity contribution in [2.75, 3.05) is 36.5 Å². The van der Waals surface area contributed by atoms with Crippen LogP contribution < -0.4 is 21.0 Å². The predicted molar refractivity (Wildman–Crippen MR) is 191 cm³/mol. The van der Waals surface area contributed by atoms with E-state index in [1.165, 1.54) is 0 Å². The maximum Gasteiger partial charge on any atom is 0.247 e. The molecule has 12 nitrogen and oxygen atoms in total. The Hall–Kier alpha value is -4.33. The Bertz CT molecular complexity index is 1610. The molecule has 3 aliphatic heterocycles. The molecule has 3 atom stereocenters. The van der Waals surface area contributed by atoms with Gasteiger partial charge in [-0.2, -0.15) is 0 Å². The average molecular weight is 700 g/mol. The smallest absolute Gasteiger partial charge is 0.247 e. The lowest BCUT2D eigenvalue weighted by Gasteiger charge is -2.45. The third-order valence-electron chi connectivity index (χ3n) is 10.3. The number of rotatable bonds is 14. The van der Waals surface area contributed by atoms with E-state index in [2.05, 4.69) is 32.6 Å². The summed E-state index contributed by atoms with van der Waals surface area (Å²) in [4.78, 5) is 41.7. The van der Waals surface area contributed by atoms with Crippen LogP contribution in [0.25, 0.3) is 0 Å². The summed E-state index contributed by atoms with van der Waals surface area (Å²) in [6.45, 7) is 2.69. The SMILES string of the molecule is O=C(CCCCCCC(=O)Nc1cccc([C@@H]2O[C@H](CN3CCC4(CC3)C(=O)NCN4c3ccccc3)C[C@H](c3ccc(CO)cc3)O2)c1)NO. The summed E-state index contributed by atoms with van der Waals surface area (Å²) in [6, 6.07) is 25.5. The minimum Gasteiger partial charge on any atom is -0.392 e. The molecule has 3 aromatic rings. The molecule has 3 fully saturated rings. The number of nitrogens with zero attached hydrogens (tertiary/aromatic N) is 2. The molecule has 0 aromatic heterocycles. The first-order valence-corrected chi connectivity index (χ1v) is 18.0. The van der Waals surface area contributed by atoms with Crippen LogP contribution in [0.15, 0.2) is 78.9 Å². The van der Waals surface area contributed by atoms with Gasteiger partial charge in [0.1, 0.15) is 5.54 Å². The number of carbonyl (C=O) groups excluding carboxylic acids is 3. The molecule has 0 saturated carbocycles. The Morgan fingerprint density at radius 3 is 2.29 bits per heavy atom. The summed E-state index contributed by atoms with van der Waals surface area (Å²) < 4.78 is 13.2. The number of likely N-dealkylation sites (tertiary alicyclic amines) is 1. The lowest BCUT2D eigenvalue weighted by atomic mass is 9.85. The van der Waals surface area contributed by atoms with Crippen LogP contribution in [0.3, 0.4) is 0 Å². The van der Waals surface area contributed by atoms with Crippen LogP contribution in [0.2, 0.25) is 0 Å². The Kier molecular flexibility index (Phi) is 12.3. The molecule has 3 amide bonds. The number of hydrogen-bond donors (Lipinski definition) is 5. The number of anilines is 2. The molecule has 1 spiro atoms. The minimum absolute atomic E-state index is 0.0296. The first kappa shape index (κ1) is 36.5. The van der Waals surface area contributed by atoms with Crippen molar-refractivity contribution < 1.29 is 34.2 Å². The Morgan fingerprint density at radius 1 is 0.863 bits per heavy atom. The van der Waals surface area contributed by atoms with Gasteiger partial charge in [0.2, 0.25) is 17.7 Å². The van der Waals surface area contributed by atoms with Crippen LogP contribution in [-0.4, -0.2) is 70.9 Å². The second-order valence-electron chi connectivity index (χ2n) is 13.7. The van der Waals surface area contributed by atoms with Gasteiger partial charge in [0.25, 0.3) is 0 Å². The Labute approximate surface area is 299 Å². The van der Waals surface area contributed by atoms with Gasteiger partial charge in [-0.05, 0) is 61.1 Å². The second kappa shape index (κ2) is 17.3. The van der Waals surface area contributed by atoms with E-state index >= 15 is 0 Å². The van der Waals surface area contributed by atoms with Crippen molar-refractivity contribution in [3.63, 3.8) is 0 Å². The summed E-state index contributed by atoms with van der Waals surface area (Å²) in [5, 5.41) is 24.3. The lowest BCUT2D eigenvalue weighted by Crippen LogP contribution is -2.57. The summed E-state index contributed by atoms with van der Waals surface area (Å²) >= 11 is 0. The largest absolute Gasteiger partial charge is 0.392 e. The molecule has 51 heavy (non-hydrogen) atoms. The van der Waals surface area contributed by atoms with E-state index in [0.717, 1.165) is 61.2 Å². The van der Waals surface area contributed by atoms with Crippen LogP contribution in [0.5, 0.6) is 0 Å². The average Bonchev–Trinajstić information content (AvgIpc) is 3.48. The number of piperidine rings is 1. The molecule has 0 aliphatic carbocycles. The van der Waals surface area contributed by atoms with Crippen molar-refractivity contribution in [2.24, 2.45) is 0 Å². The van der Waals surface area contributed by atoms with E-state index < -0.39 is 17.7 Å². The van der Waals surface area contributed by atoms with Gasteiger partial charge in [0.05, 0.1) is 25.5 Å². The van der Waals surface area contributed by atoms with Crippen LogP contribution in [0.1, 0.15) is 86.9 Å². The predicted octanol–water partition coefficient (Wildman–Crippen LogP) is 4.94. The number of aliphatic hydroxyl groups is 1. The van der Waals surface area contributed by atoms with Gasteiger partial charge in [-0.25, -0.2) is 5.48 Å². The highest BCUT2D eigenvalue weighted by atomic mass is 16.7. The highest BCUT2D eigenvalue weighted by Gasteiger charge is 2.50. The number of ether oxygens (including phenoxy) is 2. The number of hydroxylamine groups is 1. The Balaban J connectivity index is 1.09. The number of amides is 3. The molecule has 3 heterocycles. The standard InChI is InChI=1S/C39H49N5O7/c45-26-28-15-17-29(18-16-28)34-24-33(25-43-21-19-39(20-22-43)38(48)40-27-44(39)32-11-4-3-5-12-32)50-37(51-34)30-9-8-10-31(23-30)41-35(46)13-6-1-2-7-14-36(47)42-49/h3-5,8-12,15-18,23,33-34,37,45,49H,1-2,6-7,13-14,19-22,24-27H2,(H,40,48)(H,41,46)(H,42,47)/t33-,34+,37+/m0/s1. The highest BCUT2D eigenvalue weighted by molar-refractivity contribution is 5.93. The van der Waals surface area contributed by atoms with Crippen LogP contribution in [0.4, 0.5) is 11.4 Å². The molecule has 0 radical (unpaired) electrons. The summed E-state index contributed by atoms with van der Waals surface area (Å²) in [5.74, 6) is -0.392. The van der Waals surface area contributed by atoms with E-state index in [-0.39, 0.29) is 37.0 Å². The maximum atomic E-state index is 13.2. The molecule has 5 N–H and O–H groups in total. The van der Waals surface area contributed by atoms with E-state index in [4.69, 9.17) is 14.7 Å². The number of aliphatic hydroxyl groups excluding tert-OH is 1. The lowest BCUT2D eigenvalue weighted by molar-refractivity contribution is -0.253. The zero-order chi connectivity index (χ0) is 35.6. The van der Waals surface area contributed by atoms with E-state index in [1.54, 1.807) is 5.48 Å². The van der Waals surface area contributed by atoms with Gasteiger partial charge in [-0.15, -0.1) is 0 Å². The number of hydrogen-bond acceptors (Lipinski definition) is 9. The number of para-hydroxylation sites is 1. The number of benzene rings is 3. The summed E-state index contributed by atoms with van der Waals surface area (Å²) in [6.07, 6.45) is 4.64. The molecular weight excluding hydrogens is 650 g/mol. The van der Waals surface area contributed by atoms with Gasteiger partial charge in [-0.3, -0.25) is 19.6 Å². The van der Waals surface area contributed by atoms with Crippen molar-refractivity contribution in [1.29, 1.82) is 0 Å². The first-order chi connectivity index (χ1) is 24.9. The highest BCUT2D eigenvalue weighted by Crippen LogP contribution is 2.40. The van der Waals surface area contributed by atoms with Gasteiger partial charge < -0.3 is 35.0 Å². The summed E-state index contributed by atoms with van der Waals surface area (Å²) in [7, 11) is 0. The fourth-order valence-corrected chi connectivity index (χ4v) is 7.43. The van der Waals surface area contributed by atoms with E-state index in [0.29, 0.717) is 44.6 Å². The number of unbranched alkanes of at least 4 members (excludes halogenated alkanes) is 3. The molecule has 3 aromatic carbocycles. The van der Waals surface area contributed by atoms with Crippen LogP contribution >= 0.6 is 0 Å². The van der Waals surface area contributed by atoms with Gasteiger partial charge in [-0.1, -0.05) is 67.4 Å². The zero-order valence-corrected chi connectivity index (χ0v) is 29.0. The van der Waals surface area contributed by atoms with Crippen molar-refractivity contribution in [3.05, 3.63) is 95.6 Å². The molecule has 3 aliphatic rings. The molecule has 0 bridgehead atoms. The molecule has 6 rings (SSSR count). The quantitative estimate of drug-likeness (QED) is 0.0896. The maximum absolute atomic E-state index is 13.2. The zero-order valence-electron chi connectivity index (χ0n) is 29.0. The van der Waals surface area contributed by atoms with Gasteiger partial charge in [0.15, 0.2) is 6.29 Å².